The third-order valence-electron chi connectivity index (χ3n) is 2.64. The van der Waals surface area contributed by atoms with E-state index in [2.05, 4.69) is 5.92 Å². The van der Waals surface area contributed by atoms with Crippen LogP contribution in [0.2, 0.25) is 0 Å². The number of nitrogens with zero attached hydrogens (tertiary/aromatic N) is 1. The van der Waals surface area contributed by atoms with E-state index in [1.165, 1.54) is 4.90 Å². The van der Waals surface area contributed by atoms with Crippen LogP contribution in [0, 0.1) is 12.3 Å². The van der Waals surface area contributed by atoms with Crippen LogP contribution in [-0.2, 0) is 24.5 Å². The van der Waals surface area contributed by atoms with Gasteiger partial charge in [-0.15, -0.1) is 10.3 Å². The van der Waals surface area contributed by atoms with Gasteiger partial charge in [-0.2, -0.15) is 8.42 Å². The fourth-order valence-electron chi connectivity index (χ4n) is 1.67. The smallest absolute Gasteiger partial charge is 0.307 e. The Morgan fingerprint density at radius 2 is 2.05 bits per heavy atom. The second kappa shape index (κ2) is 7.43. The Hall–Kier alpha value is -1.17. The zero-order valence-electron chi connectivity index (χ0n) is 10.4. The molecule has 0 aliphatic carbocycles. The van der Waals surface area contributed by atoms with Crippen LogP contribution in [0.15, 0.2) is 0 Å². The number of halogens is 1. The van der Waals surface area contributed by atoms with Gasteiger partial charge < -0.3 is 14.4 Å². The Bertz CT molecular complexity index is 444. The minimum atomic E-state index is -4.66. The molecular weight excluding hydrogens is 277 g/mol. The van der Waals surface area contributed by atoms with Crippen LogP contribution in [0.1, 0.15) is 6.42 Å². The van der Waals surface area contributed by atoms with Gasteiger partial charge >= 0.3 is 10.2 Å². The molecule has 1 atom stereocenters. The lowest BCUT2D eigenvalue weighted by atomic mass is 10.4. The Balaban J connectivity index is 2.17. The number of amides is 1. The lowest BCUT2D eigenvalue weighted by Gasteiger charge is -2.15. The van der Waals surface area contributed by atoms with Crippen LogP contribution in [-0.4, -0.2) is 64.0 Å². The number of likely N-dealkylation sites (tertiary alicyclic amines) is 1. The summed E-state index contributed by atoms with van der Waals surface area (Å²) in [5, 5.41) is -1.25. The van der Waals surface area contributed by atoms with Gasteiger partial charge in [0, 0.05) is 19.5 Å². The topological polar surface area (TPSA) is 72.9 Å². The van der Waals surface area contributed by atoms with Crippen LogP contribution >= 0.6 is 0 Å². The number of ether oxygens (including phenoxy) is 2. The highest BCUT2D eigenvalue weighted by atomic mass is 32.3. The summed E-state index contributed by atoms with van der Waals surface area (Å²) in [5.41, 5.74) is 0. The van der Waals surface area contributed by atoms with Gasteiger partial charge in [-0.05, 0) is 0 Å². The molecule has 1 aliphatic rings. The molecule has 0 saturated carbocycles. The molecule has 6 nitrogen and oxygen atoms in total. The molecule has 0 N–H and O–H groups in total. The highest BCUT2D eigenvalue weighted by Gasteiger charge is 2.37. The predicted molar refractivity (Wildman–Crippen MR) is 65.5 cm³/mol. The highest BCUT2D eigenvalue weighted by molar-refractivity contribution is 7.87. The Kier molecular flexibility index (Phi) is 6.21. The van der Waals surface area contributed by atoms with E-state index < -0.39 is 15.5 Å². The maximum absolute atomic E-state index is 12.7. The second-order valence-electron chi connectivity index (χ2n) is 4.01. The molecule has 0 aromatic heterocycles. The Morgan fingerprint density at radius 1 is 1.37 bits per heavy atom. The normalized spacial score (nSPS) is 19.7. The van der Waals surface area contributed by atoms with Crippen molar-refractivity contribution in [2.45, 2.75) is 11.7 Å². The summed E-state index contributed by atoms with van der Waals surface area (Å²) in [6.45, 7) is 1.25. The van der Waals surface area contributed by atoms with Gasteiger partial charge in [0.25, 0.3) is 0 Å². The van der Waals surface area contributed by atoms with Crippen molar-refractivity contribution in [3.8, 4) is 12.3 Å². The maximum Gasteiger partial charge on any atom is 0.307 e. The molecule has 0 spiro atoms. The highest BCUT2D eigenvalue weighted by Crippen LogP contribution is 2.19. The molecule has 19 heavy (non-hydrogen) atoms. The molecule has 0 aromatic rings. The Labute approximate surface area is 112 Å². The molecule has 0 aromatic carbocycles. The van der Waals surface area contributed by atoms with Crippen molar-refractivity contribution in [3.63, 3.8) is 0 Å². The van der Waals surface area contributed by atoms with Crippen LogP contribution in [0.4, 0.5) is 3.89 Å². The number of hydrogen-bond donors (Lipinski definition) is 0. The van der Waals surface area contributed by atoms with E-state index in [1.807, 2.05) is 0 Å². The summed E-state index contributed by atoms with van der Waals surface area (Å²) < 4.78 is 44.3. The van der Waals surface area contributed by atoms with Gasteiger partial charge in [-0.25, -0.2) is 0 Å². The van der Waals surface area contributed by atoms with Crippen LogP contribution in [0.25, 0.3) is 0 Å². The van der Waals surface area contributed by atoms with Crippen LogP contribution in [0.5, 0.6) is 0 Å². The molecule has 0 radical (unpaired) electrons. The zero-order valence-corrected chi connectivity index (χ0v) is 11.2. The molecule has 1 heterocycles. The summed E-state index contributed by atoms with van der Waals surface area (Å²) in [6.07, 6.45) is 4.67. The monoisotopic (exact) mass is 293 g/mol. The fourth-order valence-corrected chi connectivity index (χ4v) is 2.37. The van der Waals surface area contributed by atoms with Gasteiger partial charge in [0.2, 0.25) is 5.91 Å². The summed E-state index contributed by atoms with van der Waals surface area (Å²) >= 11 is 0. The lowest BCUT2D eigenvalue weighted by molar-refractivity contribution is -0.128. The van der Waals surface area contributed by atoms with E-state index in [1.54, 1.807) is 0 Å². The molecule has 1 unspecified atom stereocenters. The number of carbonyl (C=O) groups excluding carboxylic acids is 1. The van der Waals surface area contributed by atoms with E-state index >= 15 is 0 Å². The lowest BCUT2D eigenvalue weighted by Crippen LogP contribution is -2.30. The van der Waals surface area contributed by atoms with Crippen molar-refractivity contribution in [1.29, 1.82) is 0 Å². The van der Waals surface area contributed by atoms with Crippen molar-refractivity contribution in [1.82, 2.24) is 4.90 Å². The maximum atomic E-state index is 12.7. The quantitative estimate of drug-likeness (QED) is 0.344. The number of carbonyl (C=O) groups is 1. The van der Waals surface area contributed by atoms with Crippen LogP contribution in [0.3, 0.4) is 0 Å². The van der Waals surface area contributed by atoms with E-state index in [0.717, 1.165) is 0 Å². The van der Waals surface area contributed by atoms with Crippen LogP contribution < -0.4 is 0 Å². The molecule has 1 amide bonds. The van der Waals surface area contributed by atoms with Crippen molar-refractivity contribution < 1.29 is 26.6 Å². The first-order chi connectivity index (χ1) is 8.95. The van der Waals surface area contributed by atoms with E-state index in [-0.39, 0.29) is 38.6 Å². The summed E-state index contributed by atoms with van der Waals surface area (Å²) in [5.74, 6) is 1.93. The number of terminal acetylenes is 1. The van der Waals surface area contributed by atoms with Gasteiger partial charge in [0.1, 0.15) is 11.9 Å². The molecule has 108 valence electrons. The third kappa shape index (κ3) is 5.55. The molecule has 1 aliphatic heterocycles. The van der Waals surface area contributed by atoms with E-state index in [0.29, 0.717) is 13.2 Å². The van der Waals surface area contributed by atoms with Gasteiger partial charge in [0.15, 0.2) is 0 Å². The van der Waals surface area contributed by atoms with Gasteiger partial charge in [-0.1, -0.05) is 5.92 Å². The zero-order chi connectivity index (χ0) is 14.3. The van der Waals surface area contributed by atoms with Gasteiger partial charge in [-0.3, -0.25) is 4.79 Å². The number of hydrogen-bond acceptors (Lipinski definition) is 5. The molecule has 1 fully saturated rings. The first-order valence-electron chi connectivity index (χ1n) is 5.75. The molecular formula is C11H16FNO5S. The molecule has 0 bridgehead atoms. The van der Waals surface area contributed by atoms with Crippen molar-refractivity contribution >= 4 is 16.1 Å². The minimum Gasteiger partial charge on any atom is -0.377 e. The summed E-state index contributed by atoms with van der Waals surface area (Å²) in [4.78, 5) is 12.7. The van der Waals surface area contributed by atoms with Crippen molar-refractivity contribution in [2.24, 2.45) is 0 Å². The first-order valence-corrected chi connectivity index (χ1v) is 7.20. The summed E-state index contributed by atoms with van der Waals surface area (Å²) in [7, 11) is -4.66. The van der Waals surface area contributed by atoms with Crippen molar-refractivity contribution in [2.75, 3.05) is 39.5 Å². The average Bonchev–Trinajstić information content (AvgIpc) is 2.70. The average molecular weight is 293 g/mol. The SMILES string of the molecule is C#CCOCCOCCN1CC(S(=O)(=O)F)CC1=O. The standard InChI is InChI=1S/C11H16FNO5S/c1-2-4-17-6-7-18-5-3-13-9-10(8-11(13)14)19(12,15)16/h1,10H,3-9H2. The molecule has 8 heteroatoms. The fraction of sp³-hybridized carbons (Fsp3) is 0.727. The largest absolute Gasteiger partial charge is 0.377 e. The van der Waals surface area contributed by atoms with E-state index in [9.17, 15) is 17.1 Å². The minimum absolute atomic E-state index is 0.116. The second-order valence-corrected chi connectivity index (χ2v) is 5.63. The third-order valence-corrected chi connectivity index (χ3v) is 3.75. The predicted octanol–water partition coefficient (Wildman–Crippen LogP) is -0.447. The van der Waals surface area contributed by atoms with Crippen molar-refractivity contribution in [3.05, 3.63) is 0 Å². The Morgan fingerprint density at radius 3 is 2.63 bits per heavy atom. The summed E-state index contributed by atoms with van der Waals surface area (Å²) in [6, 6.07) is 0. The first kappa shape index (κ1) is 15.9. The van der Waals surface area contributed by atoms with E-state index in [4.69, 9.17) is 15.9 Å². The molecule has 1 rings (SSSR count). The van der Waals surface area contributed by atoms with Gasteiger partial charge in [0.05, 0.1) is 19.8 Å². The molecule has 1 saturated heterocycles. The number of rotatable bonds is 8.